The van der Waals surface area contributed by atoms with E-state index in [4.69, 9.17) is 5.26 Å². The molecule has 68 valence electrons. The molecular weight excluding hydrogens is 150 g/mol. The summed E-state index contributed by atoms with van der Waals surface area (Å²) in [6.45, 7) is 2.36. The van der Waals surface area contributed by atoms with Crippen molar-refractivity contribution in [1.82, 2.24) is 6.15 Å². The molecule has 0 aromatic carbocycles. The first-order valence-corrected chi connectivity index (χ1v) is 3.29. The highest BCUT2D eigenvalue weighted by molar-refractivity contribution is 5.58. The predicted molar refractivity (Wildman–Crippen MR) is 39.6 cm³/mol. The van der Waals surface area contributed by atoms with E-state index in [1.165, 1.54) is 0 Å². The van der Waals surface area contributed by atoms with Gasteiger partial charge in [0.15, 0.2) is 0 Å². The maximum absolute atomic E-state index is 10.1. The van der Waals surface area contributed by atoms with E-state index < -0.39 is 6.16 Å². The molecule has 0 fully saturated rings. The van der Waals surface area contributed by atoms with Gasteiger partial charge < -0.3 is 10.9 Å². The van der Waals surface area contributed by atoms with Gasteiger partial charge in [0.05, 0.1) is 6.61 Å². The normalized spacial score (nSPS) is 8.18. The average molecular weight is 165 g/mol. The maximum Gasteiger partial charge on any atom is 0.540 e. The van der Waals surface area contributed by atoms with E-state index >= 15 is 0 Å². The first kappa shape index (κ1) is 12.8. The van der Waals surface area contributed by atoms with E-state index in [1.807, 2.05) is 6.92 Å². The summed E-state index contributed by atoms with van der Waals surface area (Å²) in [6.07, 6.45) is 1.86. The van der Waals surface area contributed by atoms with Crippen molar-refractivity contribution in [2.24, 2.45) is 0 Å². The monoisotopic (exact) mass is 165 g/mol. The zero-order chi connectivity index (χ0) is 7.82. The molecule has 0 aliphatic rings. The summed E-state index contributed by atoms with van der Waals surface area (Å²) >= 11 is 0. The number of carbonyl (C=O) groups is 1. The lowest BCUT2D eigenvalue weighted by Gasteiger charge is -1.98. The molecule has 0 aliphatic heterocycles. The molecule has 0 unspecified atom stereocenters. The third kappa shape index (κ3) is 9.19. The molecule has 0 atom stereocenters. The molecule has 0 saturated heterocycles. The molecule has 0 aromatic rings. The summed E-state index contributed by atoms with van der Waals surface area (Å²) in [7, 11) is 0. The van der Waals surface area contributed by atoms with Crippen LogP contribution in [0, 0.1) is 0 Å². The van der Waals surface area contributed by atoms with Crippen LogP contribution in [-0.2, 0) is 9.62 Å². The largest absolute Gasteiger partial charge is 0.540 e. The van der Waals surface area contributed by atoms with Crippen molar-refractivity contribution in [1.29, 1.82) is 0 Å². The van der Waals surface area contributed by atoms with E-state index in [2.05, 4.69) is 9.62 Å². The van der Waals surface area contributed by atoms with Gasteiger partial charge in [0.1, 0.15) is 0 Å². The molecule has 0 aromatic heterocycles. The van der Waals surface area contributed by atoms with Gasteiger partial charge in [-0.3, -0.25) is 4.89 Å². The third-order valence-corrected chi connectivity index (χ3v) is 1.04. The van der Waals surface area contributed by atoms with Crippen molar-refractivity contribution >= 4 is 6.16 Å². The first-order valence-electron chi connectivity index (χ1n) is 3.29. The minimum atomic E-state index is -1.03. The number of rotatable bonds is 4. The first-order chi connectivity index (χ1) is 4.81. The fraction of sp³-hybridized carbons (Fsp3) is 0.833. The summed E-state index contributed by atoms with van der Waals surface area (Å²) in [4.78, 5) is 13.3. The highest BCUT2D eigenvalue weighted by Crippen LogP contribution is 1.94. The van der Waals surface area contributed by atoms with E-state index in [1.54, 1.807) is 0 Å². The molecule has 0 radical (unpaired) electrons. The standard InChI is InChI=1S/C6H12O4.H3N/c1-2-3-4-5-9-6(7)10-8;/h8H,2-5H2,1H3;1H3. The van der Waals surface area contributed by atoms with Crippen molar-refractivity contribution in [3.8, 4) is 0 Å². The average Bonchev–Trinajstić information content (AvgIpc) is 1.98. The second kappa shape index (κ2) is 9.19. The Morgan fingerprint density at radius 3 is 2.55 bits per heavy atom. The van der Waals surface area contributed by atoms with Gasteiger partial charge in [0.25, 0.3) is 0 Å². The van der Waals surface area contributed by atoms with Crippen molar-refractivity contribution in [3.63, 3.8) is 0 Å². The zero-order valence-corrected chi connectivity index (χ0v) is 6.71. The second-order valence-corrected chi connectivity index (χ2v) is 1.90. The van der Waals surface area contributed by atoms with Gasteiger partial charge >= 0.3 is 6.16 Å². The summed E-state index contributed by atoms with van der Waals surface area (Å²) in [6, 6.07) is 0. The van der Waals surface area contributed by atoms with Crippen LogP contribution in [0.25, 0.3) is 0 Å². The van der Waals surface area contributed by atoms with Crippen LogP contribution >= 0.6 is 0 Å². The van der Waals surface area contributed by atoms with E-state index in [0.717, 1.165) is 19.3 Å². The minimum absolute atomic E-state index is 0. The Morgan fingerprint density at radius 1 is 1.45 bits per heavy atom. The van der Waals surface area contributed by atoms with Crippen molar-refractivity contribution in [2.75, 3.05) is 6.61 Å². The van der Waals surface area contributed by atoms with E-state index in [0.29, 0.717) is 6.61 Å². The Morgan fingerprint density at radius 2 is 2.09 bits per heavy atom. The van der Waals surface area contributed by atoms with Gasteiger partial charge in [0.2, 0.25) is 0 Å². The summed E-state index contributed by atoms with van der Waals surface area (Å²) in [5.74, 6) is 0. The van der Waals surface area contributed by atoms with Gasteiger partial charge in [-0.2, -0.15) is 5.26 Å². The second-order valence-electron chi connectivity index (χ2n) is 1.90. The molecule has 0 rings (SSSR count). The number of ether oxygens (including phenoxy) is 1. The quantitative estimate of drug-likeness (QED) is 0.287. The Bertz CT molecular complexity index is 96.6. The predicted octanol–water partition coefficient (Wildman–Crippen LogP) is 1.96. The lowest BCUT2D eigenvalue weighted by molar-refractivity contribution is -0.200. The Hall–Kier alpha value is -0.810. The highest BCUT2D eigenvalue weighted by Gasteiger charge is 1.99. The van der Waals surface area contributed by atoms with Crippen LogP contribution < -0.4 is 6.15 Å². The Kier molecular flexibility index (Phi) is 10.7. The van der Waals surface area contributed by atoms with Crippen LogP contribution in [0.15, 0.2) is 0 Å². The van der Waals surface area contributed by atoms with Crippen LogP contribution in [0.3, 0.4) is 0 Å². The fourth-order valence-corrected chi connectivity index (χ4v) is 0.534. The van der Waals surface area contributed by atoms with Gasteiger partial charge in [-0.15, -0.1) is 0 Å². The molecule has 11 heavy (non-hydrogen) atoms. The highest BCUT2D eigenvalue weighted by atomic mass is 17.1. The Labute approximate surface area is 65.8 Å². The lowest BCUT2D eigenvalue weighted by atomic mass is 10.3. The van der Waals surface area contributed by atoms with Crippen LogP contribution in [0.5, 0.6) is 0 Å². The molecule has 0 amide bonds. The smallest absolute Gasteiger partial charge is 0.432 e. The molecular formula is C6H15NO4. The minimum Gasteiger partial charge on any atom is -0.432 e. The van der Waals surface area contributed by atoms with Crippen LogP contribution in [-0.4, -0.2) is 18.0 Å². The maximum atomic E-state index is 10.1. The summed E-state index contributed by atoms with van der Waals surface area (Å²) in [5, 5.41) is 7.72. The SMILES string of the molecule is CCCCCOC(=O)OO.N. The number of hydrogen-bond donors (Lipinski definition) is 2. The van der Waals surface area contributed by atoms with E-state index in [-0.39, 0.29) is 6.15 Å². The number of carbonyl (C=O) groups excluding carboxylic acids is 1. The Balaban J connectivity index is 0. The molecule has 0 aliphatic carbocycles. The van der Waals surface area contributed by atoms with Crippen LogP contribution in [0.1, 0.15) is 26.2 Å². The van der Waals surface area contributed by atoms with Crippen molar-refractivity contribution in [3.05, 3.63) is 0 Å². The van der Waals surface area contributed by atoms with Crippen LogP contribution in [0.4, 0.5) is 4.79 Å². The molecule has 5 nitrogen and oxygen atoms in total. The zero-order valence-electron chi connectivity index (χ0n) is 6.71. The molecule has 0 heterocycles. The summed E-state index contributed by atoms with van der Waals surface area (Å²) < 4.78 is 4.38. The number of unbranched alkanes of at least 4 members (excludes halogenated alkanes) is 2. The molecule has 0 bridgehead atoms. The van der Waals surface area contributed by atoms with Crippen molar-refractivity contribution in [2.45, 2.75) is 26.2 Å². The topological polar surface area (TPSA) is 90.8 Å². The fourth-order valence-electron chi connectivity index (χ4n) is 0.534. The molecule has 5 heteroatoms. The molecule has 0 saturated carbocycles. The van der Waals surface area contributed by atoms with Gasteiger partial charge in [0, 0.05) is 0 Å². The summed E-state index contributed by atoms with van der Waals surface area (Å²) in [5.41, 5.74) is 0. The van der Waals surface area contributed by atoms with Crippen LogP contribution in [0.2, 0.25) is 0 Å². The van der Waals surface area contributed by atoms with Crippen molar-refractivity contribution < 1.29 is 19.7 Å². The molecule has 4 N–H and O–H groups in total. The van der Waals surface area contributed by atoms with Gasteiger partial charge in [-0.05, 0) is 6.42 Å². The molecule has 0 spiro atoms. The third-order valence-electron chi connectivity index (χ3n) is 1.04. The lowest BCUT2D eigenvalue weighted by Crippen LogP contribution is -2.05. The number of hydrogen-bond acceptors (Lipinski definition) is 5. The van der Waals surface area contributed by atoms with Gasteiger partial charge in [-0.1, -0.05) is 19.8 Å². The van der Waals surface area contributed by atoms with E-state index in [9.17, 15) is 4.79 Å². The van der Waals surface area contributed by atoms with Gasteiger partial charge in [-0.25, -0.2) is 4.79 Å².